The molecule has 0 atom stereocenters. The monoisotopic (exact) mass is 420 g/mol. The van der Waals surface area contributed by atoms with Crippen LogP contribution in [0, 0.1) is 0 Å². The molecule has 1 aromatic heterocycles. The summed E-state index contributed by atoms with van der Waals surface area (Å²) in [6.45, 7) is 9.64. The minimum Gasteiger partial charge on any atom is -0.322 e. The van der Waals surface area contributed by atoms with Gasteiger partial charge in [-0.1, -0.05) is 55.1 Å². The minimum absolute atomic E-state index is 0.0966. The van der Waals surface area contributed by atoms with Crippen molar-refractivity contribution in [3.05, 3.63) is 90.0 Å². The second-order valence-electron chi connectivity index (χ2n) is 6.47. The lowest BCUT2D eigenvalue weighted by Crippen LogP contribution is -2.15. The van der Waals surface area contributed by atoms with Crippen LogP contribution in [-0.2, 0) is 11.3 Å². The molecule has 0 saturated heterocycles. The lowest BCUT2D eigenvalue weighted by molar-refractivity contribution is -0.112. The highest BCUT2D eigenvalue weighted by Gasteiger charge is 2.13. The number of benzene rings is 2. The van der Waals surface area contributed by atoms with Gasteiger partial charge in [0.25, 0.3) is 11.8 Å². The van der Waals surface area contributed by atoms with Crippen molar-refractivity contribution in [2.45, 2.75) is 13.5 Å². The molecule has 0 aliphatic carbocycles. The summed E-state index contributed by atoms with van der Waals surface area (Å²) in [5.74, 6) is -0.00417. The number of amides is 2. The summed E-state index contributed by atoms with van der Waals surface area (Å²) >= 11 is 5.71. The quantitative estimate of drug-likeness (QED) is 0.414. The third-order valence-electron chi connectivity index (χ3n) is 4.40. The Balaban J connectivity index is 1.76. The van der Waals surface area contributed by atoms with Gasteiger partial charge in [0.15, 0.2) is 0 Å². The number of nitrogens with one attached hydrogen (secondary N) is 2. The molecule has 3 aromatic rings. The number of hydrogen-bond acceptors (Lipinski definition) is 3. The Hall–Kier alpha value is -3.64. The van der Waals surface area contributed by atoms with Crippen molar-refractivity contribution < 1.29 is 9.59 Å². The van der Waals surface area contributed by atoms with Gasteiger partial charge >= 0.3 is 0 Å². The summed E-state index contributed by atoms with van der Waals surface area (Å²) < 4.78 is 1.72. The van der Waals surface area contributed by atoms with Gasteiger partial charge in [0.05, 0.1) is 11.3 Å². The summed E-state index contributed by atoms with van der Waals surface area (Å²) in [5, 5.41) is 10.3. The van der Waals surface area contributed by atoms with Gasteiger partial charge in [0, 0.05) is 34.5 Å². The Morgan fingerprint density at radius 1 is 1.03 bits per heavy atom. The molecule has 0 aliphatic rings. The molecule has 2 amide bonds. The van der Waals surface area contributed by atoms with Crippen LogP contribution in [0.15, 0.2) is 84.4 Å². The van der Waals surface area contributed by atoms with Crippen LogP contribution >= 0.6 is 11.6 Å². The van der Waals surface area contributed by atoms with Gasteiger partial charge in [0.2, 0.25) is 0 Å². The topological polar surface area (TPSA) is 76.0 Å². The standard InChI is InChI=1S/C23H21ClN4O2/c1-4-28-21(26-23(30)18-8-6-5-7-9-18)14-20(27-28)17-10-12-19(13-11-17)25-22(29)15(2)16(3)24/h5-14H,2-4H2,1H3,(H,25,29)(H,26,30). The fourth-order valence-electron chi connectivity index (χ4n) is 2.73. The van der Waals surface area contributed by atoms with E-state index in [1.54, 1.807) is 28.9 Å². The Morgan fingerprint density at radius 3 is 2.30 bits per heavy atom. The first-order valence-electron chi connectivity index (χ1n) is 9.28. The number of aromatic nitrogens is 2. The van der Waals surface area contributed by atoms with Crippen molar-refractivity contribution in [1.82, 2.24) is 9.78 Å². The number of halogens is 1. The van der Waals surface area contributed by atoms with Crippen LogP contribution in [0.1, 0.15) is 17.3 Å². The second-order valence-corrected chi connectivity index (χ2v) is 6.92. The number of carbonyl (C=O) groups excluding carboxylic acids is 2. The number of hydrogen-bond donors (Lipinski definition) is 2. The van der Waals surface area contributed by atoms with Crippen LogP contribution < -0.4 is 10.6 Å². The molecule has 0 bridgehead atoms. The van der Waals surface area contributed by atoms with Crippen LogP contribution in [0.5, 0.6) is 0 Å². The van der Waals surface area contributed by atoms with E-state index in [0.717, 1.165) is 5.56 Å². The van der Waals surface area contributed by atoms with Gasteiger partial charge in [-0.2, -0.15) is 5.10 Å². The molecule has 30 heavy (non-hydrogen) atoms. The molecule has 0 radical (unpaired) electrons. The molecule has 2 N–H and O–H groups in total. The molecule has 2 aromatic carbocycles. The maximum absolute atomic E-state index is 12.5. The molecule has 7 heteroatoms. The van der Waals surface area contributed by atoms with Crippen molar-refractivity contribution >= 4 is 34.9 Å². The maximum Gasteiger partial charge on any atom is 0.256 e. The minimum atomic E-state index is -0.413. The highest BCUT2D eigenvalue weighted by molar-refractivity contribution is 6.35. The lowest BCUT2D eigenvalue weighted by atomic mass is 10.1. The first-order valence-corrected chi connectivity index (χ1v) is 9.66. The van der Waals surface area contributed by atoms with Crippen LogP contribution in [0.3, 0.4) is 0 Å². The summed E-state index contributed by atoms with van der Waals surface area (Å²) in [7, 11) is 0. The number of rotatable bonds is 7. The third kappa shape index (κ3) is 4.85. The van der Waals surface area contributed by atoms with Gasteiger partial charge in [-0.25, -0.2) is 4.68 Å². The molecule has 1 heterocycles. The smallest absolute Gasteiger partial charge is 0.256 e. The predicted molar refractivity (Wildman–Crippen MR) is 120 cm³/mol. The molecule has 0 spiro atoms. The van der Waals surface area contributed by atoms with E-state index in [2.05, 4.69) is 28.9 Å². The van der Waals surface area contributed by atoms with Gasteiger partial charge in [0.1, 0.15) is 5.82 Å². The third-order valence-corrected chi connectivity index (χ3v) is 4.63. The molecular weight excluding hydrogens is 400 g/mol. The van der Waals surface area contributed by atoms with Crippen LogP contribution in [0.25, 0.3) is 11.3 Å². The fraction of sp³-hybridized carbons (Fsp3) is 0.0870. The van der Waals surface area contributed by atoms with Gasteiger partial charge in [-0.05, 0) is 31.2 Å². The van der Waals surface area contributed by atoms with E-state index in [9.17, 15) is 9.59 Å². The van der Waals surface area contributed by atoms with Crippen molar-refractivity contribution in [2.75, 3.05) is 10.6 Å². The van der Waals surface area contributed by atoms with E-state index >= 15 is 0 Å². The Morgan fingerprint density at radius 2 is 1.70 bits per heavy atom. The number of anilines is 2. The number of aryl methyl sites for hydroxylation is 1. The van der Waals surface area contributed by atoms with Gasteiger partial charge in [-0.15, -0.1) is 0 Å². The molecule has 3 rings (SSSR count). The average molecular weight is 421 g/mol. The summed E-state index contributed by atoms with van der Waals surface area (Å²) in [5.41, 5.74) is 2.83. The van der Waals surface area contributed by atoms with E-state index in [1.165, 1.54) is 0 Å². The van der Waals surface area contributed by atoms with Gasteiger partial charge in [-0.3, -0.25) is 9.59 Å². The normalized spacial score (nSPS) is 10.3. The van der Waals surface area contributed by atoms with Crippen molar-refractivity contribution in [3.8, 4) is 11.3 Å². The number of nitrogens with zero attached hydrogens (tertiary/aromatic N) is 2. The van der Waals surface area contributed by atoms with Crippen molar-refractivity contribution in [2.24, 2.45) is 0 Å². The first-order chi connectivity index (χ1) is 14.4. The Kier molecular flexibility index (Phi) is 6.49. The van der Waals surface area contributed by atoms with Crippen LogP contribution in [-0.4, -0.2) is 21.6 Å². The van der Waals surface area contributed by atoms with E-state index in [4.69, 9.17) is 11.6 Å². The maximum atomic E-state index is 12.5. The van der Waals surface area contributed by atoms with Gasteiger partial charge < -0.3 is 10.6 Å². The zero-order valence-electron chi connectivity index (χ0n) is 16.5. The second kappa shape index (κ2) is 9.24. The van der Waals surface area contributed by atoms with Crippen LogP contribution in [0.2, 0.25) is 0 Å². The Bertz CT molecular complexity index is 1100. The molecule has 0 aliphatic heterocycles. The molecule has 6 nitrogen and oxygen atoms in total. The first kappa shape index (κ1) is 21.1. The average Bonchev–Trinajstić information content (AvgIpc) is 3.16. The zero-order chi connectivity index (χ0) is 21.7. The van der Waals surface area contributed by atoms with E-state index in [-0.39, 0.29) is 16.5 Å². The molecular formula is C23H21ClN4O2. The van der Waals surface area contributed by atoms with Crippen molar-refractivity contribution in [3.63, 3.8) is 0 Å². The SMILES string of the molecule is C=C(Cl)C(=C)C(=O)Nc1ccc(-c2cc(NC(=O)c3ccccc3)n(CC)n2)cc1. The predicted octanol–water partition coefficient (Wildman–Crippen LogP) is 5.07. The molecule has 0 fully saturated rings. The van der Waals surface area contributed by atoms with E-state index < -0.39 is 5.91 Å². The highest BCUT2D eigenvalue weighted by atomic mass is 35.5. The summed E-state index contributed by atoms with van der Waals surface area (Å²) in [6, 6.07) is 18.0. The largest absolute Gasteiger partial charge is 0.322 e. The molecule has 152 valence electrons. The number of carbonyl (C=O) groups is 2. The van der Waals surface area contributed by atoms with Crippen LogP contribution in [0.4, 0.5) is 11.5 Å². The molecule has 0 unspecified atom stereocenters. The summed E-state index contributed by atoms with van der Waals surface area (Å²) in [4.78, 5) is 24.5. The lowest BCUT2D eigenvalue weighted by Gasteiger charge is -2.07. The van der Waals surface area contributed by atoms with E-state index in [0.29, 0.717) is 29.3 Å². The summed E-state index contributed by atoms with van der Waals surface area (Å²) in [6.07, 6.45) is 0. The fourth-order valence-corrected chi connectivity index (χ4v) is 2.82. The zero-order valence-corrected chi connectivity index (χ0v) is 17.2. The van der Waals surface area contributed by atoms with Crippen molar-refractivity contribution in [1.29, 1.82) is 0 Å². The Labute approximate surface area is 179 Å². The molecule has 0 saturated carbocycles. The van der Waals surface area contributed by atoms with E-state index in [1.807, 2.05) is 43.3 Å². The highest BCUT2D eigenvalue weighted by Crippen LogP contribution is 2.24.